The lowest BCUT2D eigenvalue weighted by atomic mass is 9.91. The number of primary amides is 1. The van der Waals surface area contributed by atoms with Gasteiger partial charge in [0, 0.05) is 30.2 Å². The predicted molar refractivity (Wildman–Crippen MR) is 116 cm³/mol. The number of carbonyl (C=O) groups excluding carboxylic acids is 1. The lowest BCUT2D eigenvalue weighted by Crippen LogP contribution is -2.48. The first-order valence-corrected chi connectivity index (χ1v) is 10.4. The number of rotatable bonds is 6. The SMILES string of the molecule is CC(C)NC1=CNC=NC1(c1ccc(F)cc1)n1ccnc1C1OCC(C)(C(N)=O)CO1. The van der Waals surface area contributed by atoms with Gasteiger partial charge >= 0.3 is 0 Å². The van der Waals surface area contributed by atoms with Crippen molar-refractivity contribution in [3.05, 3.63) is 65.8 Å². The summed E-state index contributed by atoms with van der Waals surface area (Å²) in [5, 5.41) is 6.45. The number of carbonyl (C=O) groups is 1. The van der Waals surface area contributed by atoms with Crippen LogP contribution in [0.2, 0.25) is 0 Å². The number of nitrogens with two attached hydrogens (primary N) is 1. The highest BCUT2D eigenvalue weighted by molar-refractivity contribution is 5.80. The van der Waals surface area contributed by atoms with E-state index in [0.717, 1.165) is 5.70 Å². The van der Waals surface area contributed by atoms with Crippen LogP contribution in [0.4, 0.5) is 4.39 Å². The van der Waals surface area contributed by atoms with Crippen molar-refractivity contribution in [2.75, 3.05) is 13.2 Å². The molecular formula is C22H27FN6O3. The Morgan fingerprint density at radius 2 is 2.00 bits per heavy atom. The molecule has 1 aromatic carbocycles. The van der Waals surface area contributed by atoms with E-state index in [4.69, 9.17) is 20.2 Å². The summed E-state index contributed by atoms with van der Waals surface area (Å²) in [6, 6.07) is 6.25. The number of nitrogens with zero attached hydrogens (tertiary/aromatic N) is 3. The molecule has 32 heavy (non-hydrogen) atoms. The van der Waals surface area contributed by atoms with Crippen molar-refractivity contribution in [1.82, 2.24) is 20.2 Å². The Labute approximate surface area is 185 Å². The average molecular weight is 442 g/mol. The summed E-state index contributed by atoms with van der Waals surface area (Å²) in [5.74, 6) is -0.382. The van der Waals surface area contributed by atoms with Crippen molar-refractivity contribution in [2.45, 2.75) is 38.8 Å². The molecule has 2 aromatic rings. The minimum absolute atomic E-state index is 0.0984. The molecule has 4 N–H and O–H groups in total. The Morgan fingerprint density at radius 3 is 2.62 bits per heavy atom. The highest BCUT2D eigenvalue weighted by Gasteiger charge is 2.45. The number of benzene rings is 1. The molecule has 10 heteroatoms. The van der Waals surface area contributed by atoms with Crippen molar-refractivity contribution < 1.29 is 18.7 Å². The molecule has 1 unspecified atom stereocenters. The number of hydrogen-bond acceptors (Lipinski definition) is 7. The summed E-state index contributed by atoms with van der Waals surface area (Å²) < 4.78 is 27.3. The monoisotopic (exact) mass is 442 g/mol. The van der Waals surface area contributed by atoms with Crippen molar-refractivity contribution in [3.63, 3.8) is 0 Å². The molecule has 1 atom stereocenters. The smallest absolute Gasteiger partial charge is 0.228 e. The van der Waals surface area contributed by atoms with E-state index in [0.29, 0.717) is 11.4 Å². The quantitative estimate of drug-likeness (QED) is 0.628. The largest absolute Gasteiger partial charge is 0.381 e. The highest BCUT2D eigenvalue weighted by Crippen LogP contribution is 2.40. The van der Waals surface area contributed by atoms with Gasteiger partial charge in [0.15, 0.2) is 5.82 Å². The normalized spacial score (nSPS) is 27.7. The van der Waals surface area contributed by atoms with Crippen molar-refractivity contribution >= 4 is 12.2 Å². The number of ether oxygens (including phenoxy) is 2. The molecule has 170 valence electrons. The van der Waals surface area contributed by atoms with Crippen molar-refractivity contribution in [3.8, 4) is 0 Å². The zero-order valence-electron chi connectivity index (χ0n) is 18.2. The van der Waals surface area contributed by atoms with Gasteiger partial charge in [0.1, 0.15) is 5.82 Å². The van der Waals surface area contributed by atoms with Gasteiger partial charge in [0.05, 0.1) is 30.7 Å². The molecule has 1 aromatic heterocycles. The van der Waals surface area contributed by atoms with Gasteiger partial charge in [-0.2, -0.15) is 0 Å². The highest BCUT2D eigenvalue weighted by atomic mass is 19.1. The van der Waals surface area contributed by atoms with E-state index < -0.39 is 23.3 Å². The maximum atomic E-state index is 13.8. The molecule has 2 aliphatic rings. The summed E-state index contributed by atoms with van der Waals surface area (Å²) in [4.78, 5) is 21.0. The summed E-state index contributed by atoms with van der Waals surface area (Å²) in [6.45, 7) is 5.92. The van der Waals surface area contributed by atoms with E-state index in [1.165, 1.54) is 12.1 Å². The molecule has 0 radical (unpaired) electrons. The minimum Gasteiger partial charge on any atom is -0.381 e. The van der Waals surface area contributed by atoms with Gasteiger partial charge in [-0.3, -0.25) is 9.36 Å². The predicted octanol–water partition coefficient (Wildman–Crippen LogP) is 1.73. The molecule has 0 spiro atoms. The fourth-order valence-corrected chi connectivity index (χ4v) is 3.78. The maximum Gasteiger partial charge on any atom is 0.228 e. The molecule has 4 rings (SSSR count). The zero-order chi connectivity index (χ0) is 22.9. The molecule has 9 nitrogen and oxygen atoms in total. The third-order valence-electron chi connectivity index (χ3n) is 5.55. The minimum atomic E-state index is -1.10. The second kappa shape index (κ2) is 8.36. The summed E-state index contributed by atoms with van der Waals surface area (Å²) >= 11 is 0. The molecule has 0 aliphatic carbocycles. The van der Waals surface area contributed by atoms with Gasteiger partial charge in [-0.05, 0) is 32.9 Å². The van der Waals surface area contributed by atoms with E-state index in [2.05, 4.69) is 15.6 Å². The van der Waals surface area contributed by atoms with Crippen LogP contribution >= 0.6 is 0 Å². The Morgan fingerprint density at radius 1 is 1.31 bits per heavy atom. The molecule has 0 saturated carbocycles. The summed E-state index contributed by atoms with van der Waals surface area (Å²) in [5.41, 5.74) is 4.92. The second-order valence-electron chi connectivity index (χ2n) is 8.50. The van der Waals surface area contributed by atoms with E-state index in [1.54, 1.807) is 37.8 Å². The fraction of sp³-hybridized carbons (Fsp3) is 0.409. The Balaban J connectivity index is 1.80. The van der Waals surface area contributed by atoms with Crippen LogP contribution in [0, 0.1) is 11.2 Å². The van der Waals surface area contributed by atoms with Gasteiger partial charge < -0.3 is 25.8 Å². The van der Waals surface area contributed by atoms with E-state index in [1.807, 2.05) is 24.6 Å². The number of halogens is 1. The van der Waals surface area contributed by atoms with Crippen LogP contribution in [0.1, 0.15) is 38.4 Å². The van der Waals surface area contributed by atoms with Crippen LogP contribution in [-0.4, -0.2) is 41.1 Å². The number of imidazole rings is 1. The van der Waals surface area contributed by atoms with Gasteiger partial charge in [0.2, 0.25) is 17.9 Å². The van der Waals surface area contributed by atoms with Crippen LogP contribution in [0.3, 0.4) is 0 Å². The van der Waals surface area contributed by atoms with Crippen LogP contribution in [0.15, 0.2) is 53.5 Å². The first-order valence-electron chi connectivity index (χ1n) is 10.4. The molecular weight excluding hydrogens is 415 g/mol. The fourth-order valence-electron chi connectivity index (χ4n) is 3.78. The molecule has 0 bridgehead atoms. The van der Waals surface area contributed by atoms with E-state index in [-0.39, 0.29) is 25.1 Å². The Bertz CT molecular complexity index is 1040. The number of hydrogen-bond donors (Lipinski definition) is 3. The van der Waals surface area contributed by atoms with Gasteiger partial charge in [-0.15, -0.1) is 0 Å². The number of aliphatic imine (C=N–C) groups is 1. The molecule has 1 amide bonds. The topological polar surface area (TPSA) is 116 Å². The van der Waals surface area contributed by atoms with Crippen LogP contribution in [-0.2, 0) is 19.9 Å². The molecule has 2 aliphatic heterocycles. The van der Waals surface area contributed by atoms with Crippen LogP contribution in [0.5, 0.6) is 0 Å². The van der Waals surface area contributed by atoms with Crippen LogP contribution < -0.4 is 16.4 Å². The maximum absolute atomic E-state index is 13.8. The zero-order valence-corrected chi connectivity index (χ0v) is 18.2. The molecule has 1 fully saturated rings. The first-order chi connectivity index (χ1) is 15.3. The van der Waals surface area contributed by atoms with E-state index >= 15 is 0 Å². The lowest BCUT2D eigenvalue weighted by Gasteiger charge is -2.40. The third-order valence-corrected chi connectivity index (χ3v) is 5.55. The average Bonchev–Trinajstić information content (AvgIpc) is 3.25. The van der Waals surface area contributed by atoms with Crippen molar-refractivity contribution in [2.24, 2.45) is 16.1 Å². The number of amides is 1. The molecule has 3 heterocycles. The van der Waals surface area contributed by atoms with Gasteiger partial charge in [-0.25, -0.2) is 14.4 Å². The summed E-state index contributed by atoms with van der Waals surface area (Å²) in [6.07, 6.45) is 5.95. The van der Waals surface area contributed by atoms with Gasteiger partial charge in [0.25, 0.3) is 0 Å². The standard InChI is InChI=1S/C22H27FN6O3/c1-14(2)28-17-10-25-13-27-22(17,15-4-6-16(23)7-5-15)29-9-8-26-18(29)19-31-11-21(3,12-32-19)20(24)30/h4-10,13-14,19,28H,11-12H2,1-3H3,(H2,24,30)(H,25,27). The molecule has 1 saturated heterocycles. The third kappa shape index (κ3) is 3.76. The summed E-state index contributed by atoms with van der Waals surface area (Å²) in [7, 11) is 0. The Kier molecular flexibility index (Phi) is 5.74. The van der Waals surface area contributed by atoms with Gasteiger partial charge in [-0.1, -0.05) is 12.1 Å². The van der Waals surface area contributed by atoms with E-state index in [9.17, 15) is 9.18 Å². The number of nitrogens with one attached hydrogen (secondary N) is 2. The lowest BCUT2D eigenvalue weighted by molar-refractivity contribution is -0.231. The second-order valence-corrected chi connectivity index (χ2v) is 8.50. The Hall–Kier alpha value is -3.24. The van der Waals surface area contributed by atoms with Crippen molar-refractivity contribution in [1.29, 1.82) is 0 Å². The van der Waals surface area contributed by atoms with Crippen LogP contribution in [0.25, 0.3) is 0 Å². The first kappa shape index (κ1) is 22.0. The number of aromatic nitrogens is 2.